The van der Waals surface area contributed by atoms with E-state index in [-0.39, 0.29) is 6.10 Å². The molecular formula is C21H30NO6P. The Balaban J connectivity index is 2.59. The van der Waals surface area contributed by atoms with Crippen LogP contribution in [0.3, 0.4) is 0 Å². The van der Waals surface area contributed by atoms with Gasteiger partial charge in [0.2, 0.25) is 5.75 Å². The molecular weight excluding hydrogens is 393 g/mol. The molecule has 0 aliphatic rings. The first kappa shape index (κ1) is 23.1. The first-order valence-electron chi connectivity index (χ1n) is 9.22. The predicted molar refractivity (Wildman–Crippen MR) is 115 cm³/mol. The summed E-state index contributed by atoms with van der Waals surface area (Å²) in [6.07, 6.45) is -0.356. The zero-order valence-electron chi connectivity index (χ0n) is 18.0. The summed E-state index contributed by atoms with van der Waals surface area (Å²) < 4.78 is 35.8. The molecule has 0 spiro atoms. The van der Waals surface area contributed by atoms with Crippen LogP contribution in [0.4, 0.5) is 5.69 Å². The van der Waals surface area contributed by atoms with Crippen LogP contribution in [0.5, 0.6) is 17.2 Å². The maximum atomic E-state index is 14.0. The van der Waals surface area contributed by atoms with Crippen LogP contribution in [0.1, 0.15) is 25.3 Å². The van der Waals surface area contributed by atoms with Crippen molar-refractivity contribution < 1.29 is 28.4 Å². The van der Waals surface area contributed by atoms with Gasteiger partial charge in [0.1, 0.15) is 0 Å². The largest absolute Gasteiger partial charge is 0.493 e. The van der Waals surface area contributed by atoms with Crippen LogP contribution in [0.15, 0.2) is 36.4 Å². The number of benzene rings is 2. The average molecular weight is 423 g/mol. The fourth-order valence-electron chi connectivity index (χ4n) is 2.98. The first-order valence-corrected chi connectivity index (χ1v) is 10.9. The number of nitrogens with zero attached hydrogens (tertiary/aromatic N) is 1. The van der Waals surface area contributed by atoms with Crippen molar-refractivity contribution in [1.29, 1.82) is 0 Å². The Morgan fingerprint density at radius 1 is 0.931 bits per heavy atom. The molecule has 0 amide bonds. The minimum Gasteiger partial charge on any atom is -0.493 e. The minimum atomic E-state index is -3.69. The van der Waals surface area contributed by atoms with Crippen LogP contribution in [0.2, 0.25) is 0 Å². The van der Waals surface area contributed by atoms with Crippen molar-refractivity contribution in [1.82, 2.24) is 0 Å². The molecule has 2 aromatic carbocycles. The van der Waals surface area contributed by atoms with Crippen LogP contribution in [-0.4, -0.2) is 46.6 Å². The van der Waals surface area contributed by atoms with Gasteiger partial charge in [0.15, 0.2) is 17.3 Å². The van der Waals surface area contributed by atoms with E-state index < -0.39 is 13.2 Å². The van der Waals surface area contributed by atoms with E-state index in [4.69, 9.17) is 18.7 Å². The highest BCUT2D eigenvalue weighted by molar-refractivity contribution is 7.67. The van der Waals surface area contributed by atoms with Crippen molar-refractivity contribution in [2.24, 2.45) is 0 Å². The van der Waals surface area contributed by atoms with E-state index in [9.17, 15) is 9.67 Å². The second-order valence-electron chi connectivity index (χ2n) is 6.99. The molecule has 0 radical (unpaired) electrons. The lowest BCUT2D eigenvalue weighted by molar-refractivity contribution is 0.188. The molecule has 0 unspecified atom stereocenters. The molecule has 0 saturated heterocycles. The van der Waals surface area contributed by atoms with Gasteiger partial charge in [-0.1, -0.05) is 0 Å². The summed E-state index contributed by atoms with van der Waals surface area (Å²) in [6, 6.07) is 10.3. The monoisotopic (exact) mass is 423 g/mol. The fourth-order valence-corrected chi connectivity index (χ4v) is 5.23. The van der Waals surface area contributed by atoms with E-state index in [1.54, 1.807) is 38.1 Å². The molecule has 1 N–H and O–H groups in total. The molecule has 2 atom stereocenters. The molecule has 0 aliphatic heterocycles. The van der Waals surface area contributed by atoms with E-state index in [0.29, 0.717) is 28.1 Å². The second kappa shape index (κ2) is 9.53. The standard InChI is InChI=1S/C21H30NO6P/c1-14(2)28-29(24,17-10-8-16(9-11-17)22(3)4)21(23)15-12-18(25-5)20(27-7)19(13-15)26-6/h8-14,21,23H,1-7H3/t21-,29+/m1/s1. The molecule has 0 fully saturated rings. The fraction of sp³-hybridized carbons (Fsp3) is 0.429. The highest BCUT2D eigenvalue weighted by Gasteiger charge is 2.38. The lowest BCUT2D eigenvalue weighted by Gasteiger charge is -2.27. The molecule has 7 nitrogen and oxygen atoms in total. The molecule has 2 aromatic rings. The average Bonchev–Trinajstić information content (AvgIpc) is 2.71. The normalized spacial score (nSPS) is 14.2. The number of hydrogen-bond acceptors (Lipinski definition) is 7. The number of anilines is 1. The minimum absolute atomic E-state index is 0.347. The number of aliphatic hydroxyl groups is 1. The molecule has 0 aromatic heterocycles. The summed E-state index contributed by atoms with van der Waals surface area (Å²) >= 11 is 0. The lowest BCUT2D eigenvalue weighted by atomic mass is 10.2. The molecule has 0 heterocycles. The van der Waals surface area contributed by atoms with E-state index in [1.807, 2.05) is 31.1 Å². The van der Waals surface area contributed by atoms with Gasteiger partial charge in [-0.15, -0.1) is 0 Å². The van der Waals surface area contributed by atoms with Crippen molar-refractivity contribution in [3.05, 3.63) is 42.0 Å². The van der Waals surface area contributed by atoms with Crippen LogP contribution < -0.4 is 24.4 Å². The number of rotatable bonds is 9. The molecule has 2 rings (SSSR count). The van der Waals surface area contributed by atoms with Gasteiger partial charge < -0.3 is 28.7 Å². The molecule has 0 bridgehead atoms. The summed E-state index contributed by atoms with van der Waals surface area (Å²) in [6.45, 7) is 3.56. The SMILES string of the molecule is COc1cc([C@H](O)[P@@](=O)(OC(C)C)c2ccc(N(C)C)cc2)cc(OC)c1OC. The Kier molecular flexibility index (Phi) is 7.58. The van der Waals surface area contributed by atoms with Crippen molar-refractivity contribution >= 4 is 18.4 Å². The Morgan fingerprint density at radius 2 is 1.45 bits per heavy atom. The van der Waals surface area contributed by atoms with Gasteiger partial charge in [0.05, 0.1) is 27.4 Å². The van der Waals surface area contributed by atoms with Gasteiger partial charge in [-0.25, -0.2) is 0 Å². The van der Waals surface area contributed by atoms with Crippen molar-refractivity contribution in [2.75, 3.05) is 40.3 Å². The predicted octanol–water partition coefficient (Wildman–Crippen LogP) is 3.80. The Morgan fingerprint density at radius 3 is 1.83 bits per heavy atom. The summed E-state index contributed by atoms with van der Waals surface area (Å²) in [5.41, 5.74) is 1.30. The van der Waals surface area contributed by atoms with E-state index in [1.165, 1.54) is 21.3 Å². The van der Waals surface area contributed by atoms with Gasteiger partial charge in [0.25, 0.3) is 7.37 Å². The summed E-state index contributed by atoms with van der Waals surface area (Å²) in [7, 11) is 4.61. The van der Waals surface area contributed by atoms with Crippen molar-refractivity contribution in [3.8, 4) is 17.2 Å². The smallest absolute Gasteiger partial charge is 0.264 e. The number of hydrogen-bond donors (Lipinski definition) is 1. The molecule has 0 saturated carbocycles. The van der Waals surface area contributed by atoms with E-state index in [0.717, 1.165) is 5.69 Å². The quantitative estimate of drug-likeness (QED) is 0.615. The first-order chi connectivity index (χ1) is 13.7. The molecule has 29 heavy (non-hydrogen) atoms. The van der Waals surface area contributed by atoms with E-state index >= 15 is 0 Å². The lowest BCUT2D eigenvalue weighted by Crippen LogP contribution is -2.18. The van der Waals surface area contributed by atoms with Gasteiger partial charge in [-0.3, -0.25) is 4.57 Å². The van der Waals surface area contributed by atoms with Gasteiger partial charge in [0, 0.05) is 25.1 Å². The zero-order chi connectivity index (χ0) is 21.8. The number of methoxy groups -OCH3 is 3. The van der Waals surface area contributed by atoms with Gasteiger partial charge >= 0.3 is 0 Å². The maximum absolute atomic E-state index is 14.0. The molecule has 0 aliphatic carbocycles. The third kappa shape index (κ3) is 4.86. The molecule has 8 heteroatoms. The van der Waals surface area contributed by atoms with Gasteiger partial charge in [-0.05, 0) is 55.8 Å². The van der Waals surface area contributed by atoms with Crippen LogP contribution in [0, 0.1) is 0 Å². The summed E-state index contributed by atoms with van der Waals surface area (Å²) in [4.78, 5) is 1.94. The third-order valence-corrected chi connectivity index (χ3v) is 7.10. The topological polar surface area (TPSA) is 77.5 Å². The number of aliphatic hydroxyl groups excluding tert-OH is 1. The third-order valence-electron chi connectivity index (χ3n) is 4.40. The molecule has 160 valence electrons. The van der Waals surface area contributed by atoms with Crippen molar-refractivity contribution in [2.45, 2.75) is 25.8 Å². The zero-order valence-corrected chi connectivity index (χ0v) is 18.9. The van der Waals surface area contributed by atoms with Crippen LogP contribution >= 0.6 is 7.37 Å². The highest BCUT2D eigenvalue weighted by atomic mass is 31.2. The highest BCUT2D eigenvalue weighted by Crippen LogP contribution is 2.59. The summed E-state index contributed by atoms with van der Waals surface area (Å²) in [5, 5.41) is 11.6. The Bertz CT molecular complexity index is 841. The maximum Gasteiger partial charge on any atom is 0.264 e. The second-order valence-corrected chi connectivity index (χ2v) is 9.40. The van der Waals surface area contributed by atoms with Crippen LogP contribution in [0.25, 0.3) is 0 Å². The van der Waals surface area contributed by atoms with Crippen LogP contribution in [-0.2, 0) is 9.09 Å². The van der Waals surface area contributed by atoms with Crippen molar-refractivity contribution in [3.63, 3.8) is 0 Å². The Hall–Kier alpha value is -2.21. The Labute approximate surface area is 172 Å². The van der Waals surface area contributed by atoms with Gasteiger partial charge in [-0.2, -0.15) is 0 Å². The summed E-state index contributed by atoms with van der Waals surface area (Å²) in [5.74, 6) is -0.301. The van der Waals surface area contributed by atoms with E-state index in [2.05, 4.69) is 0 Å². The number of ether oxygens (including phenoxy) is 3.